The number of aliphatic hydroxyl groups is 2. The second-order valence-corrected chi connectivity index (χ2v) is 19.1. The summed E-state index contributed by atoms with van der Waals surface area (Å²) in [4.78, 5) is 40.4. The van der Waals surface area contributed by atoms with Crippen molar-refractivity contribution in [2.75, 3.05) is 6.61 Å². The summed E-state index contributed by atoms with van der Waals surface area (Å²) in [5.41, 5.74) is -6.36. The Labute approximate surface area is 370 Å². The Kier molecular flexibility index (Phi) is 16.0. The number of hydrogen-bond donors (Lipinski definition) is 2. The summed E-state index contributed by atoms with van der Waals surface area (Å²) in [6.45, 7) is 15.0. The molecule has 3 bridgehead atoms. The first-order chi connectivity index (χ1) is 29.7. The average molecular weight is 865 g/mol. The van der Waals surface area contributed by atoms with Gasteiger partial charge in [0.15, 0.2) is 22.6 Å². The van der Waals surface area contributed by atoms with Gasteiger partial charge in [-0.2, -0.15) is 0 Å². The lowest BCUT2D eigenvalue weighted by Crippen LogP contribution is -2.76. The van der Waals surface area contributed by atoms with Crippen LogP contribution >= 0.6 is 0 Å². The zero-order chi connectivity index (χ0) is 44.8. The number of hydrogen-bond acceptors (Lipinski definition) is 11. The molecule has 62 heavy (non-hydrogen) atoms. The number of rotatable bonds is 26. The molecule has 346 valence electrons. The Morgan fingerprint density at radius 2 is 1.42 bits per heavy atom. The predicted octanol–water partition coefficient (Wildman–Crippen LogP) is 9.39. The van der Waals surface area contributed by atoms with Gasteiger partial charge in [-0.15, -0.1) is 0 Å². The number of esters is 2. The van der Waals surface area contributed by atoms with E-state index < -0.39 is 94.9 Å². The quantitative estimate of drug-likeness (QED) is 0.0282. The molecule has 0 unspecified atom stereocenters. The number of epoxide rings is 1. The van der Waals surface area contributed by atoms with Crippen LogP contribution in [-0.4, -0.2) is 87.3 Å². The number of carbonyl (C=O) groups excluding carboxylic acids is 3. The smallest absolute Gasteiger partial charge is 0.307 e. The standard InChI is InChI=1S/C51H76O11/c1-8-10-12-14-16-18-20-21-23-25-27-29-31-40(53)57-34-47-44(59-47)41-45-50(35(3)4)43(58-38(7)52)37(6)51(41,39-33-36(5)42(54)49(39,56)46(47)55)62-48(60-45,61-50)32-30-28-26-24-22-19-17-15-13-11-9-2/h23,25-26,28,30,32-33,37,39,41,43-46,55-56H,3,8-22,24,27,29,31,34H2,1-2,4-7H3/b25-23+,28-26+,32-30+/t37-,39+,41-,43+,44-,45+,46+,47-,48+,49+,50-,51-/m0/s1. The third kappa shape index (κ3) is 9.02. The molecule has 2 N–H and O–H groups in total. The van der Waals surface area contributed by atoms with Gasteiger partial charge in [-0.3, -0.25) is 14.4 Å². The Morgan fingerprint density at radius 1 is 0.823 bits per heavy atom. The monoisotopic (exact) mass is 865 g/mol. The van der Waals surface area contributed by atoms with Crippen molar-refractivity contribution < 1.29 is 53.0 Å². The SMILES string of the molecule is C=C(C)[C@@]12O[C@@]3(/C=C/C=C/CCCCCCCCC)O[C@@H]1[C@@H]1[C@@H]4O[C@]4(COC(=O)CCC/C=C/CCCCCCCCC)[C@@H](O)[C@]4(O)C(=O)C(C)=C[C@H]4[C@@]1(O3)[C@@H](C)[C@H]2OC(C)=O. The molecule has 12 atom stereocenters. The average Bonchev–Trinajstić information content (AvgIpc) is 3.85. The number of aliphatic hydroxyl groups excluding tert-OH is 1. The molecule has 11 heteroatoms. The summed E-state index contributed by atoms with van der Waals surface area (Å²) in [5, 5.41) is 25.2. The van der Waals surface area contributed by atoms with E-state index in [1.54, 1.807) is 32.1 Å². The fourth-order valence-electron chi connectivity index (χ4n) is 11.4. The first-order valence-corrected chi connectivity index (χ1v) is 24.1. The summed E-state index contributed by atoms with van der Waals surface area (Å²) in [5.74, 6) is -6.26. The van der Waals surface area contributed by atoms with Crippen LogP contribution in [0, 0.1) is 17.8 Å². The van der Waals surface area contributed by atoms with Crippen molar-refractivity contribution in [1.29, 1.82) is 0 Å². The van der Waals surface area contributed by atoms with Gasteiger partial charge in [-0.1, -0.05) is 141 Å². The third-order valence-corrected chi connectivity index (χ3v) is 14.7. The first-order valence-electron chi connectivity index (χ1n) is 24.1. The molecule has 0 radical (unpaired) electrons. The minimum absolute atomic E-state index is 0.156. The largest absolute Gasteiger partial charge is 0.462 e. The van der Waals surface area contributed by atoms with Crippen LogP contribution in [-0.2, 0) is 42.8 Å². The van der Waals surface area contributed by atoms with Crippen LogP contribution in [0.5, 0.6) is 0 Å². The Bertz CT molecular complexity index is 1730. The van der Waals surface area contributed by atoms with Gasteiger partial charge in [0.1, 0.15) is 31.0 Å². The van der Waals surface area contributed by atoms with Crippen molar-refractivity contribution in [2.24, 2.45) is 17.8 Å². The van der Waals surface area contributed by atoms with Gasteiger partial charge in [0.2, 0.25) is 0 Å². The highest BCUT2D eigenvalue weighted by Gasteiger charge is 2.90. The van der Waals surface area contributed by atoms with Crippen LogP contribution in [0.3, 0.4) is 0 Å². The molecule has 2 saturated carbocycles. The molecule has 11 nitrogen and oxygen atoms in total. The summed E-state index contributed by atoms with van der Waals surface area (Å²) < 4.78 is 39.4. The normalized spacial score (nSPS) is 37.7. The van der Waals surface area contributed by atoms with E-state index in [2.05, 4.69) is 38.7 Å². The van der Waals surface area contributed by atoms with Crippen LogP contribution in [0.2, 0.25) is 0 Å². The predicted molar refractivity (Wildman–Crippen MR) is 237 cm³/mol. The summed E-state index contributed by atoms with van der Waals surface area (Å²) in [6, 6.07) is 0. The van der Waals surface area contributed by atoms with Crippen molar-refractivity contribution in [1.82, 2.24) is 0 Å². The minimum atomic E-state index is -2.45. The van der Waals surface area contributed by atoms with Gasteiger partial charge >= 0.3 is 17.9 Å². The number of allylic oxidation sites excluding steroid dienone is 5. The highest BCUT2D eigenvalue weighted by molar-refractivity contribution is 6.05. The second kappa shape index (κ2) is 20.5. The van der Waals surface area contributed by atoms with E-state index in [1.165, 1.54) is 84.0 Å². The van der Waals surface area contributed by atoms with Crippen LogP contribution in [0.4, 0.5) is 0 Å². The second-order valence-electron chi connectivity index (χ2n) is 19.1. The fraction of sp³-hybridized carbons (Fsp3) is 0.745. The Morgan fingerprint density at radius 3 is 2.03 bits per heavy atom. The molecule has 3 aliphatic carbocycles. The highest BCUT2D eigenvalue weighted by Crippen LogP contribution is 2.73. The van der Waals surface area contributed by atoms with Crippen molar-refractivity contribution in [3.8, 4) is 0 Å². The molecule has 0 aromatic heterocycles. The lowest BCUT2D eigenvalue weighted by molar-refractivity contribution is -0.407. The molecular formula is C51H76O11. The number of unbranched alkanes of at least 4 members (excludes halogenated alkanes) is 15. The maximum absolute atomic E-state index is 14.2. The summed E-state index contributed by atoms with van der Waals surface area (Å²) in [7, 11) is 0. The number of carbonyl (C=O) groups is 3. The zero-order valence-corrected chi connectivity index (χ0v) is 38.5. The molecule has 3 aliphatic heterocycles. The molecule has 0 amide bonds. The van der Waals surface area contributed by atoms with Crippen LogP contribution in [0.15, 0.2) is 60.3 Å². The minimum Gasteiger partial charge on any atom is -0.462 e. The van der Waals surface area contributed by atoms with E-state index in [9.17, 15) is 24.6 Å². The topological polar surface area (TPSA) is 150 Å². The number of Topliss-reactive ketones (excluding diaryl/α,β-unsaturated/α-hetero) is 1. The van der Waals surface area contributed by atoms with Gasteiger partial charge in [-0.25, -0.2) is 0 Å². The summed E-state index contributed by atoms with van der Waals surface area (Å²) >= 11 is 0. The van der Waals surface area contributed by atoms with Crippen LogP contribution < -0.4 is 0 Å². The molecule has 5 fully saturated rings. The van der Waals surface area contributed by atoms with E-state index in [0.29, 0.717) is 12.0 Å². The Balaban J connectivity index is 1.22. The van der Waals surface area contributed by atoms with Crippen molar-refractivity contribution in [2.45, 2.75) is 216 Å². The zero-order valence-electron chi connectivity index (χ0n) is 38.5. The Hall–Kier alpha value is -2.93. The van der Waals surface area contributed by atoms with Gasteiger partial charge < -0.3 is 38.6 Å². The first kappa shape index (κ1) is 48.5. The third-order valence-electron chi connectivity index (χ3n) is 14.7. The summed E-state index contributed by atoms with van der Waals surface area (Å²) in [6.07, 6.45) is 29.5. The number of ether oxygens (including phenoxy) is 6. The van der Waals surface area contributed by atoms with E-state index in [-0.39, 0.29) is 12.0 Å². The maximum atomic E-state index is 14.2. The van der Waals surface area contributed by atoms with E-state index in [4.69, 9.17) is 28.4 Å². The van der Waals surface area contributed by atoms with Crippen LogP contribution in [0.25, 0.3) is 0 Å². The van der Waals surface area contributed by atoms with Crippen molar-refractivity contribution >= 4 is 17.7 Å². The lowest BCUT2D eigenvalue weighted by atomic mass is 9.53. The molecule has 0 aromatic carbocycles. The van der Waals surface area contributed by atoms with E-state index >= 15 is 0 Å². The van der Waals surface area contributed by atoms with Gasteiger partial charge in [0.25, 0.3) is 0 Å². The molecule has 6 aliphatic rings. The molecule has 0 spiro atoms. The van der Waals surface area contributed by atoms with Gasteiger partial charge in [-0.05, 0) is 63.5 Å². The van der Waals surface area contributed by atoms with Gasteiger partial charge in [0.05, 0.1) is 5.60 Å². The molecule has 3 heterocycles. The van der Waals surface area contributed by atoms with E-state index in [1.807, 2.05) is 13.0 Å². The van der Waals surface area contributed by atoms with Gasteiger partial charge in [0, 0.05) is 37.2 Å². The fourth-order valence-corrected chi connectivity index (χ4v) is 11.4. The number of ketones is 1. The molecule has 3 saturated heterocycles. The molecule has 0 aromatic rings. The van der Waals surface area contributed by atoms with Crippen LogP contribution in [0.1, 0.15) is 164 Å². The molecule has 6 rings (SSSR count). The van der Waals surface area contributed by atoms with Crippen molar-refractivity contribution in [3.05, 3.63) is 60.3 Å². The highest BCUT2D eigenvalue weighted by atomic mass is 16.9. The van der Waals surface area contributed by atoms with E-state index in [0.717, 1.165) is 32.1 Å². The molecular weight excluding hydrogens is 789 g/mol. The maximum Gasteiger partial charge on any atom is 0.307 e. The lowest BCUT2D eigenvalue weighted by Gasteiger charge is -2.61. The number of fused-ring (bicyclic) bond motifs is 3. The van der Waals surface area contributed by atoms with Crippen molar-refractivity contribution in [3.63, 3.8) is 0 Å².